The van der Waals surface area contributed by atoms with Crippen LogP contribution in [0, 0.1) is 11.3 Å². The van der Waals surface area contributed by atoms with Gasteiger partial charge in [0, 0.05) is 11.4 Å². The molecular formula is C15H18ClNO2. The summed E-state index contributed by atoms with van der Waals surface area (Å²) in [6.45, 7) is 6.11. The van der Waals surface area contributed by atoms with Crippen LogP contribution in [-0.4, -0.2) is 11.8 Å². The van der Waals surface area contributed by atoms with Gasteiger partial charge >= 0.3 is 0 Å². The fraction of sp³-hybridized carbons (Fsp3) is 0.467. The van der Waals surface area contributed by atoms with Gasteiger partial charge in [-0.15, -0.1) is 0 Å². The zero-order valence-electron chi connectivity index (χ0n) is 11.4. The van der Waals surface area contributed by atoms with Crippen molar-refractivity contribution in [2.24, 2.45) is 11.3 Å². The highest BCUT2D eigenvalue weighted by Crippen LogP contribution is 2.47. The Hall–Kier alpha value is -1.35. The fourth-order valence-electron chi connectivity index (χ4n) is 2.73. The maximum Gasteiger partial charge on any atom is 0.234 e. The first-order chi connectivity index (χ1) is 8.84. The van der Waals surface area contributed by atoms with Crippen molar-refractivity contribution in [3.63, 3.8) is 0 Å². The number of nitrogens with one attached hydrogen (secondary N) is 1. The van der Waals surface area contributed by atoms with Crippen LogP contribution in [0.4, 0.5) is 0 Å². The number of carbonyl (C=O) groups excluding carboxylic acids is 2. The van der Waals surface area contributed by atoms with Gasteiger partial charge in [0.15, 0.2) is 0 Å². The normalized spacial score (nSPS) is 27.5. The molecule has 1 heterocycles. The molecule has 0 spiro atoms. The van der Waals surface area contributed by atoms with E-state index in [0.717, 1.165) is 5.56 Å². The second-order valence-corrected chi connectivity index (χ2v) is 6.17. The van der Waals surface area contributed by atoms with Gasteiger partial charge in [-0.1, -0.05) is 44.5 Å². The summed E-state index contributed by atoms with van der Waals surface area (Å²) >= 11 is 5.89. The number of imide groups is 1. The minimum absolute atomic E-state index is 0.189. The molecule has 0 aliphatic carbocycles. The number of halogens is 1. The molecule has 1 aliphatic heterocycles. The van der Waals surface area contributed by atoms with Crippen molar-refractivity contribution < 1.29 is 9.59 Å². The standard InChI is InChI=1S/C15H18ClNO2/c1-9(2)15(3)8-12(18)17-14(19)13(15)10-4-6-11(16)7-5-10/h4-7,9,13H,8H2,1-3H3,(H,17,18,19). The van der Waals surface area contributed by atoms with E-state index in [0.29, 0.717) is 11.4 Å². The van der Waals surface area contributed by atoms with Gasteiger partial charge < -0.3 is 0 Å². The summed E-state index contributed by atoms with van der Waals surface area (Å²) in [6, 6.07) is 7.29. The van der Waals surface area contributed by atoms with Crippen LogP contribution in [0.1, 0.15) is 38.7 Å². The molecule has 1 fully saturated rings. The first-order valence-corrected chi connectivity index (χ1v) is 6.81. The van der Waals surface area contributed by atoms with Gasteiger partial charge in [0.2, 0.25) is 11.8 Å². The molecule has 2 unspecified atom stereocenters. The van der Waals surface area contributed by atoms with Gasteiger partial charge in [-0.3, -0.25) is 14.9 Å². The molecule has 0 saturated carbocycles. The minimum Gasteiger partial charge on any atom is -0.296 e. The summed E-state index contributed by atoms with van der Waals surface area (Å²) in [7, 11) is 0. The molecule has 1 saturated heterocycles. The van der Waals surface area contributed by atoms with Crippen molar-refractivity contribution in [2.45, 2.75) is 33.1 Å². The SMILES string of the molecule is CC(C)C1(C)CC(=O)NC(=O)C1c1ccc(Cl)cc1. The first kappa shape index (κ1) is 14.1. The number of rotatable bonds is 2. The molecule has 19 heavy (non-hydrogen) atoms. The lowest BCUT2D eigenvalue weighted by Crippen LogP contribution is -2.51. The van der Waals surface area contributed by atoms with E-state index in [4.69, 9.17) is 11.6 Å². The van der Waals surface area contributed by atoms with Crippen molar-refractivity contribution in [3.8, 4) is 0 Å². The Morgan fingerprint density at radius 3 is 2.37 bits per heavy atom. The van der Waals surface area contributed by atoms with Gasteiger partial charge in [-0.25, -0.2) is 0 Å². The second-order valence-electron chi connectivity index (χ2n) is 5.73. The number of benzene rings is 1. The van der Waals surface area contributed by atoms with Crippen LogP contribution in [0.25, 0.3) is 0 Å². The van der Waals surface area contributed by atoms with Gasteiger partial charge in [0.1, 0.15) is 0 Å². The van der Waals surface area contributed by atoms with Gasteiger partial charge in [0.05, 0.1) is 5.92 Å². The summed E-state index contributed by atoms with van der Waals surface area (Å²) in [5.74, 6) is -0.494. The monoisotopic (exact) mass is 279 g/mol. The fourth-order valence-corrected chi connectivity index (χ4v) is 2.85. The number of carbonyl (C=O) groups is 2. The molecule has 1 N–H and O–H groups in total. The van der Waals surface area contributed by atoms with E-state index < -0.39 is 0 Å². The number of hydrogen-bond acceptors (Lipinski definition) is 2. The highest BCUT2D eigenvalue weighted by atomic mass is 35.5. The zero-order valence-corrected chi connectivity index (χ0v) is 12.1. The lowest BCUT2D eigenvalue weighted by atomic mass is 9.62. The van der Waals surface area contributed by atoms with Crippen LogP contribution in [0.15, 0.2) is 24.3 Å². The number of hydrogen-bond donors (Lipinski definition) is 1. The molecule has 3 nitrogen and oxygen atoms in total. The van der Waals surface area contributed by atoms with Gasteiger partial charge in [-0.2, -0.15) is 0 Å². The average Bonchev–Trinajstić information content (AvgIpc) is 2.30. The van der Waals surface area contributed by atoms with Crippen molar-refractivity contribution in [1.29, 1.82) is 0 Å². The van der Waals surface area contributed by atoms with Crippen LogP contribution >= 0.6 is 11.6 Å². The summed E-state index contributed by atoms with van der Waals surface area (Å²) in [6.07, 6.45) is 0.365. The van der Waals surface area contributed by atoms with Crippen LogP contribution < -0.4 is 5.32 Å². The van der Waals surface area contributed by atoms with E-state index in [9.17, 15) is 9.59 Å². The Bertz CT molecular complexity index is 509. The highest BCUT2D eigenvalue weighted by Gasteiger charge is 2.47. The largest absolute Gasteiger partial charge is 0.296 e. The maximum absolute atomic E-state index is 12.2. The second kappa shape index (κ2) is 4.97. The van der Waals surface area contributed by atoms with Crippen LogP contribution in [-0.2, 0) is 9.59 Å². The molecule has 4 heteroatoms. The van der Waals surface area contributed by atoms with E-state index in [1.807, 2.05) is 19.1 Å². The topological polar surface area (TPSA) is 46.2 Å². The van der Waals surface area contributed by atoms with Crippen LogP contribution in [0.5, 0.6) is 0 Å². The van der Waals surface area contributed by atoms with E-state index >= 15 is 0 Å². The molecule has 102 valence electrons. The molecule has 1 aromatic carbocycles. The average molecular weight is 280 g/mol. The molecule has 0 bridgehead atoms. The summed E-state index contributed by atoms with van der Waals surface area (Å²) < 4.78 is 0. The third-order valence-electron chi connectivity index (χ3n) is 4.25. The van der Waals surface area contributed by atoms with Gasteiger partial charge in [0.25, 0.3) is 0 Å². The molecule has 1 aliphatic rings. The molecule has 2 atom stereocenters. The zero-order chi connectivity index (χ0) is 14.2. The highest BCUT2D eigenvalue weighted by molar-refractivity contribution is 6.30. The predicted molar refractivity (Wildman–Crippen MR) is 74.9 cm³/mol. The lowest BCUT2D eigenvalue weighted by molar-refractivity contribution is -0.141. The summed E-state index contributed by atoms with van der Waals surface area (Å²) in [5, 5.41) is 3.08. The minimum atomic E-state index is -0.368. The van der Waals surface area contributed by atoms with Crippen molar-refractivity contribution >= 4 is 23.4 Å². The number of piperidine rings is 1. The Kier molecular flexibility index (Phi) is 3.68. The molecule has 2 amide bonds. The summed E-state index contributed by atoms with van der Waals surface area (Å²) in [4.78, 5) is 23.9. The third kappa shape index (κ3) is 2.52. The molecular weight excluding hydrogens is 262 g/mol. The number of amides is 2. The quantitative estimate of drug-likeness (QED) is 0.846. The van der Waals surface area contributed by atoms with Crippen molar-refractivity contribution in [2.75, 3.05) is 0 Å². The maximum atomic E-state index is 12.2. The van der Waals surface area contributed by atoms with Crippen molar-refractivity contribution in [3.05, 3.63) is 34.9 Å². The predicted octanol–water partition coefficient (Wildman–Crippen LogP) is 3.13. The smallest absolute Gasteiger partial charge is 0.234 e. The molecule has 2 rings (SSSR count). The Labute approximate surface area is 118 Å². The van der Waals surface area contributed by atoms with E-state index in [2.05, 4.69) is 19.2 Å². The molecule has 0 radical (unpaired) electrons. The van der Waals surface area contributed by atoms with E-state index in [1.165, 1.54) is 0 Å². The first-order valence-electron chi connectivity index (χ1n) is 6.44. The van der Waals surface area contributed by atoms with E-state index in [-0.39, 0.29) is 29.1 Å². The van der Waals surface area contributed by atoms with Gasteiger partial charge in [-0.05, 0) is 29.0 Å². The van der Waals surface area contributed by atoms with E-state index in [1.54, 1.807) is 12.1 Å². The third-order valence-corrected chi connectivity index (χ3v) is 4.50. The summed E-state index contributed by atoms with van der Waals surface area (Å²) in [5.41, 5.74) is 0.540. The molecule has 1 aromatic rings. The Morgan fingerprint density at radius 1 is 1.26 bits per heavy atom. The lowest BCUT2D eigenvalue weighted by Gasteiger charge is -2.43. The molecule has 0 aromatic heterocycles. The van der Waals surface area contributed by atoms with Crippen LogP contribution in [0.3, 0.4) is 0 Å². The Balaban J connectivity index is 2.47. The Morgan fingerprint density at radius 2 is 1.84 bits per heavy atom. The van der Waals surface area contributed by atoms with Crippen LogP contribution in [0.2, 0.25) is 5.02 Å². The van der Waals surface area contributed by atoms with Crippen molar-refractivity contribution in [1.82, 2.24) is 5.32 Å².